The zero-order valence-electron chi connectivity index (χ0n) is 12.5. The van der Waals surface area contributed by atoms with Crippen LogP contribution < -0.4 is 0 Å². The lowest BCUT2D eigenvalue weighted by Crippen LogP contribution is -2.27. The predicted octanol–water partition coefficient (Wildman–Crippen LogP) is 3.42. The van der Waals surface area contributed by atoms with Crippen molar-refractivity contribution >= 4 is 5.90 Å². The van der Waals surface area contributed by atoms with E-state index in [1.807, 2.05) is 24.9 Å². The number of rotatable bonds is 2. The third-order valence-electron chi connectivity index (χ3n) is 4.26. The smallest absolute Gasteiger partial charge is 0.226 e. The van der Waals surface area contributed by atoms with E-state index >= 15 is 0 Å². The number of hydrogen-bond acceptors (Lipinski definition) is 3. The molecule has 2 heterocycles. The van der Waals surface area contributed by atoms with Crippen LogP contribution in [0.25, 0.3) is 0 Å². The van der Waals surface area contributed by atoms with Crippen molar-refractivity contribution in [3.63, 3.8) is 0 Å². The van der Waals surface area contributed by atoms with E-state index in [-0.39, 0.29) is 12.1 Å². The van der Waals surface area contributed by atoms with E-state index in [4.69, 9.17) is 4.74 Å². The summed E-state index contributed by atoms with van der Waals surface area (Å²) in [6.45, 7) is 8.22. The lowest BCUT2D eigenvalue weighted by Gasteiger charge is -2.23. The standard InChI is InChI=1S/C16H22N3O/c1-10-5-6-13(7-10)12(3)20-16-14-9-19(4)18-15(14)8-11(2)17-16/h8-9,12-13,15H,1,5-7H2,2-4H3/q+1/t12-,13+,15?/m1/s1. The van der Waals surface area contributed by atoms with E-state index in [9.17, 15) is 0 Å². The quantitative estimate of drug-likeness (QED) is 0.560. The van der Waals surface area contributed by atoms with Crippen molar-refractivity contribution in [3.05, 3.63) is 35.7 Å². The molecular formula is C16H22N3O+. The molecule has 3 atom stereocenters. The topological polar surface area (TPSA) is 37.0 Å². The second-order valence-electron chi connectivity index (χ2n) is 6.02. The van der Waals surface area contributed by atoms with Gasteiger partial charge in [0.15, 0.2) is 13.1 Å². The zero-order valence-corrected chi connectivity index (χ0v) is 12.5. The SMILES string of the molecule is C=C1CC[C@H]([C@@H](C)OC2=NC(C)=CC3N=[N+](C)C=C23)C1. The first-order valence-electron chi connectivity index (χ1n) is 7.29. The maximum absolute atomic E-state index is 6.17. The van der Waals surface area contributed by atoms with Crippen molar-refractivity contribution in [1.82, 2.24) is 0 Å². The molecule has 1 aliphatic carbocycles. The molecule has 4 nitrogen and oxygen atoms in total. The number of hydrogen-bond donors (Lipinski definition) is 0. The van der Waals surface area contributed by atoms with Crippen molar-refractivity contribution in [2.75, 3.05) is 7.05 Å². The van der Waals surface area contributed by atoms with Crippen LogP contribution in [0.15, 0.2) is 45.8 Å². The van der Waals surface area contributed by atoms with Gasteiger partial charge in [0.2, 0.25) is 12.1 Å². The monoisotopic (exact) mass is 272 g/mol. The molecule has 1 fully saturated rings. The lowest BCUT2D eigenvalue weighted by atomic mass is 10.0. The van der Waals surface area contributed by atoms with Gasteiger partial charge in [-0.25, -0.2) is 4.99 Å². The summed E-state index contributed by atoms with van der Waals surface area (Å²) >= 11 is 0. The van der Waals surface area contributed by atoms with Crippen molar-refractivity contribution in [1.29, 1.82) is 0 Å². The summed E-state index contributed by atoms with van der Waals surface area (Å²) in [7, 11) is 1.94. The van der Waals surface area contributed by atoms with E-state index in [0.717, 1.165) is 30.0 Å². The van der Waals surface area contributed by atoms with Crippen LogP contribution in [-0.4, -0.2) is 29.8 Å². The molecule has 3 aliphatic rings. The second kappa shape index (κ2) is 5.00. The minimum absolute atomic E-state index is 0.0678. The Balaban J connectivity index is 1.75. The Morgan fingerprint density at radius 3 is 3.00 bits per heavy atom. The van der Waals surface area contributed by atoms with Gasteiger partial charge < -0.3 is 4.74 Å². The van der Waals surface area contributed by atoms with Crippen molar-refractivity contribution < 1.29 is 9.43 Å². The summed E-state index contributed by atoms with van der Waals surface area (Å²) in [4.78, 5) is 4.57. The Morgan fingerprint density at radius 2 is 2.30 bits per heavy atom. The number of ether oxygens (including phenoxy) is 1. The molecule has 0 radical (unpaired) electrons. The highest BCUT2D eigenvalue weighted by atomic mass is 16.5. The molecule has 0 saturated heterocycles. The summed E-state index contributed by atoms with van der Waals surface area (Å²) in [5.74, 6) is 1.31. The molecule has 3 rings (SSSR count). The molecule has 0 spiro atoms. The number of fused-ring (bicyclic) bond motifs is 1. The third-order valence-corrected chi connectivity index (χ3v) is 4.26. The fourth-order valence-electron chi connectivity index (χ4n) is 3.10. The van der Waals surface area contributed by atoms with Gasteiger partial charge >= 0.3 is 0 Å². The molecule has 2 aliphatic heterocycles. The Hall–Kier alpha value is -1.71. The minimum Gasteiger partial charge on any atom is -0.474 e. The average Bonchev–Trinajstić information content (AvgIpc) is 2.94. The Bertz CT molecular complexity index is 568. The number of azo groups is 2. The van der Waals surface area contributed by atoms with Crippen LogP contribution in [0.3, 0.4) is 0 Å². The Morgan fingerprint density at radius 1 is 1.50 bits per heavy atom. The van der Waals surface area contributed by atoms with Crippen molar-refractivity contribution in [3.8, 4) is 0 Å². The van der Waals surface area contributed by atoms with Crippen molar-refractivity contribution in [2.45, 2.75) is 45.3 Å². The van der Waals surface area contributed by atoms with E-state index in [1.54, 1.807) is 0 Å². The van der Waals surface area contributed by atoms with Crippen LogP contribution in [0, 0.1) is 5.92 Å². The van der Waals surface area contributed by atoms with Crippen molar-refractivity contribution in [2.24, 2.45) is 16.0 Å². The summed E-state index contributed by atoms with van der Waals surface area (Å²) < 4.78 is 8.01. The van der Waals surface area contributed by atoms with Gasteiger partial charge in [-0.2, -0.15) is 0 Å². The van der Waals surface area contributed by atoms with Gasteiger partial charge in [-0.05, 0) is 50.2 Å². The van der Waals surface area contributed by atoms with Crippen LogP contribution in [0.4, 0.5) is 0 Å². The summed E-state index contributed by atoms with van der Waals surface area (Å²) in [6, 6.07) is 0.0678. The highest BCUT2D eigenvalue weighted by Crippen LogP contribution is 2.34. The minimum atomic E-state index is 0.0678. The summed E-state index contributed by atoms with van der Waals surface area (Å²) in [5, 5.41) is 4.52. The highest BCUT2D eigenvalue weighted by molar-refractivity contribution is 5.97. The number of allylic oxidation sites excluding steroid dienone is 2. The van der Waals surface area contributed by atoms with E-state index in [0.29, 0.717) is 5.92 Å². The first-order chi connectivity index (χ1) is 9.52. The van der Waals surface area contributed by atoms with Crippen LogP contribution >= 0.6 is 0 Å². The third kappa shape index (κ3) is 2.47. The van der Waals surface area contributed by atoms with Crippen LogP contribution in [0.1, 0.15) is 33.1 Å². The molecular weight excluding hydrogens is 250 g/mol. The molecule has 106 valence electrons. The molecule has 1 unspecified atom stereocenters. The van der Waals surface area contributed by atoms with Gasteiger partial charge in [0, 0.05) is 5.70 Å². The van der Waals surface area contributed by atoms with E-state index in [2.05, 4.69) is 29.7 Å². The highest BCUT2D eigenvalue weighted by Gasteiger charge is 2.34. The largest absolute Gasteiger partial charge is 0.474 e. The molecule has 4 heteroatoms. The fraction of sp³-hybridized carbons (Fsp3) is 0.562. The van der Waals surface area contributed by atoms with E-state index < -0.39 is 0 Å². The molecule has 0 N–H and O–H groups in total. The zero-order chi connectivity index (χ0) is 14.3. The molecule has 20 heavy (non-hydrogen) atoms. The molecule has 0 aromatic rings. The molecule has 0 aromatic carbocycles. The van der Waals surface area contributed by atoms with Gasteiger partial charge in [-0.1, -0.05) is 16.8 Å². The van der Waals surface area contributed by atoms with Crippen LogP contribution in [0.5, 0.6) is 0 Å². The molecule has 0 aromatic heterocycles. The number of nitrogens with zero attached hydrogens (tertiary/aromatic N) is 3. The van der Waals surface area contributed by atoms with Gasteiger partial charge in [-0.15, -0.1) is 0 Å². The first kappa shape index (κ1) is 13.3. The predicted molar refractivity (Wildman–Crippen MR) is 78.7 cm³/mol. The van der Waals surface area contributed by atoms with Gasteiger partial charge in [-0.3, -0.25) is 0 Å². The summed E-state index contributed by atoms with van der Waals surface area (Å²) in [6.07, 6.45) is 7.64. The molecule has 0 amide bonds. The van der Waals surface area contributed by atoms with E-state index in [1.165, 1.54) is 12.0 Å². The van der Waals surface area contributed by atoms with Gasteiger partial charge in [0.05, 0.1) is 0 Å². The maximum atomic E-state index is 6.17. The van der Waals surface area contributed by atoms with Crippen LogP contribution in [-0.2, 0) is 4.74 Å². The molecule has 1 saturated carbocycles. The van der Waals surface area contributed by atoms with Gasteiger partial charge in [0.25, 0.3) is 0 Å². The average molecular weight is 272 g/mol. The number of aliphatic imine (C=N–C) groups is 1. The maximum Gasteiger partial charge on any atom is 0.226 e. The van der Waals surface area contributed by atoms with Gasteiger partial charge in [0.1, 0.15) is 11.7 Å². The Kier molecular flexibility index (Phi) is 3.32. The molecule has 0 bridgehead atoms. The fourth-order valence-corrected chi connectivity index (χ4v) is 3.10. The lowest BCUT2D eigenvalue weighted by molar-refractivity contribution is -0.493. The summed E-state index contributed by atoms with van der Waals surface area (Å²) in [5.41, 5.74) is 3.39. The normalized spacial score (nSPS) is 30.2. The Labute approximate surface area is 120 Å². The first-order valence-corrected chi connectivity index (χ1v) is 7.29. The van der Waals surface area contributed by atoms with Crippen LogP contribution in [0.2, 0.25) is 0 Å². The second-order valence-corrected chi connectivity index (χ2v) is 6.02.